The van der Waals surface area contributed by atoms with E-state index in [1.54, 1.807) is 0 Å². The number of hydrogen-bond acceptors (Lipinski definition) is 3. The summed E-state index contributed by atoms with van der Waals surface area (Å²) in [5, 5.41) is 6.98. The molecule has 138 valence electrons. The van der Waals surface area contributed by atoms with Gasteiger partial charge in [-0.1, -0.05) is 18.2 Å². The quantitative estimate of drug-likeness (QED) is 0.415. The third kappa shape index (κ3) is 4.22. The fraction of sp³-hybridized carbons (Fsp3) is 0.632. The second kappa shape index (κ2) is 8.58. The van der Waals surface area contributed by atoms with Gasteiger partial charge in [-0.25, -0.2) is 0 Å². The first-order chi connectivity index (χ1) is 11.8. The number of hydrogen-bond donors (Lipinski definition) is 2. The number of nitrogens with zero attached hydrogens (tertiary/aromatic N) is 1. The monoisotopic (exact) mass is 457 g/mol. The van der Waals surface area contributed by atoms with E-state index in [-0.39, 0.29) is 24.0 Å². The van der Waals surface area contributed by atoms with Crippen molar-refractivity contribution in [2.75, 3.05) is 19.7 Å². The number of aliphatic imine (C=N–C) groups is 1. The van der Waals surface area contributed by atoms with Gasteiger partial charge in [0.1, 0.15) is 5.75 Å². The molecule has 1 aromatic carbocycles. The first-order valence-electron chi connectivity index (χ1n) is 9.25. The van der Waals surface area contributed by atoms with Crippen molar-refractivity contribution < 1.29 is 9.47 Å². The summed E-state index contributed by atoms with van der Waals surface area (Å²) in [4.78, 5) is 4.87. The maximum atomic E-state index is 5.94. The average Bonchev–Trinajstić information content (AvgIpc) is 3.23. The van der Waals surface area contributed by atoms with Crippen LogP contribution in [0.15, 0.2) is 29.3 Å². The predicted molar refractivity (Wildman–Crippen MR) is 110 cm³/mol. The van der Waals surface area contributed by atoms with E-state index in [2.05, 4.69) is 35.8 Å². The molecule has 25 heavy (non-hydrogen) atoms. The lowest BCUT2D eigenvalue weighted by atomic mass is 9.93. The van der Waals surface area contributed by atoms with Gasteiger partial charge in [-0.2, -0.15) is 0 Å². The topological polar surface area (TPSA) is 54.9 Å². The van der Waals surface area contributed by atoms with Crippen LogP contribution in [0.4, 0.5) is 0 Å². The fourth-order valence-electron chi connectivity index (χ4n) is 4.09. The number of benzene rings is 1. The summed E-state index contributed by atoms with van der Waals surface area (Å²) in [6.45, 7) is 4.55. The van der Waals surface area contributed by atoms with Gasteiger partial charge in [0.2, 0.25) is 0 Å². The predicted octanol–water partition coefficient (Wildman–Crippen LogP) is 3.05. The highest BCUT2D eigenvalue weighted by Crippen LogP contribution is 2.35. The lowest BCUT2D eigenvalue weighted by Gasteiger charge is -2.26. The van der Waals surface area contributed by atoms with Crippen molar-refractivity contribution in [3.8, 4) is 5.75 Å². The Hall–Kier alpha value is -1.02. The Labute approximate surface area is 167 Å². The van der Waals surface area contributed by atoms with Crippen LogP contribution in [-0.2, 0) is 4.74 Å². The zero-order valence-electron chi connectivity index (χ0n) is 14.7. The van der Waals surface area contributed by atoms with E-state index in [9.17, 15) is 0 Å². The van der Waals surface area contributed by atoms with Gasteiger partial charge in [0, 0.05) is 19.0 Å². The van der Waals surface area contributed by atoms with Crippen LogP contribution in [0.1, 0.15) is 44.1 Å². The van der Waals surface area contributed by atoms with Gasteiger partial charge >= 0.3 is 0 Å². The molecule has 6 heteroatoms. The van der Waals surface area contributed by atoms with Crippen LogP contribution >= 0.6 is 24.0 Å². The van der Waals surface area contributed by atoms with Gasteiger partial charge in [0.25, 0.3) is 0 Å². The lowest BCUT2D eigenvalue weighted by Crippen LogP contribution is -2.47. The standard InChI is InChI=1S/C19H27N3O2.HI/c1-2-20-19(22-16-11-14-7-8-18(16)24-14)21-12-13-9-10-23-17-6-4-3-5-15(13)17;/h3-6,13-14,16,18H,2,7-12H2,1H3,(H2,20,21,22);1H. The summed E-state index contributed by atoms with van der Waals surface area (Å²) in [7, 11) is 0. The summed E-state index contributed by atoms with van der Waals surface area (Å²) in [5.41, 5.74) is 1.28. The number of fused-ring (bicyclic) bond motifs is 3. The summed E-state index contributed by atoms with van der Waals surface area (Å²) in [6.07, 6.45) is 5.34. The number of para-hydroxylation sites is 1. The van der Waals surface area contributed by atoms with E-state index in [0.717, 1.165) is 44.2 Å². The minimum atomic E-state index is 0. The van der Waals surface area contributed by atoms with Crippen molar-refractivity contribution in [3.05, 3.63) is 29.8 Å². The van der Waals surface area contributed by atoms with E-state index in [0.29, 0.717) is 24.2 Å². The van der Waals surface area contributed by atoms with Gasteiger partial charge in [-0.3, -0.25) is 4.99 Å². The zero-order valence-corrected chi connectivity index (χ0v) is 17.1. The van der Waals surface area contributed by atoms with E-state index in [1.807, 2.05) is 6.07 Å². The summed E-state index contributed by atoms with van der Waals surface area (Å²) >= 11 is 0. The molecule has 2 bridgehead atoms. The molecule has 3 aliphatic rings. The molecule has 0 radical (unpaired) electrons. The summed E-state index contributed by atoms with van der Waals surface area (Å²) in [6, 6.07) is 8.74. The van der Waals surface area contributed by atoms with Crippen LogP contribution in [0.25, 0.3) is 0 Å². The van der Waals surface area contributed by atoms with Crippen molar-refractivity contribution in [1.29, 1.82) is 0 Å². The molecule has 2 saturated heterocycles. The minimum absolute atomic E-state index is 0. The van der Waals surface area contributed by atoms with Crippen molar-refractivity contribution in [2.45, 2.75) is 56.8 Å². The Morgan fingerprint density at radius 2 is 2.12 bits per heavy atom. The van der Waals surface area contributed by atoms with Crippen LogP contribution in [0.5, 0.6) is 5.75 Å². The maximum absolute atomic E-state index is 5.94. The highest BCUT2D eigenvalue weighted by atomic mass is 127. The van der Waals surface area contributed by atoms with Crippen molar-refractivity contribution in [2.24, 2.45) is 4.99 Å². The van der Waals surface area contributed by atoms with Crippen molar-refractivity contribution in [3.63, 3.8) is 0 Å². The molecule has 0 aromatic heterocycles. The molecule has 0 amide bonds. The summed E-state index contributed by atoms with van der Waals surface area (Å²) < 4.78 is 11.7. The van der Waals surface area contributed by atoms with Crippen LogP contribution < -0.4 is 15.4 Å². The summed E-state index contributed by atoms with van der Waals surface area (Å²) in [5.74, 6) is 2.37. The number of guanidine groups is 1. The molecule has 2 N–H and O–H groups in total. The molecule has 0 spiro atoms. The molecule has 5 nitrogen and oxygen atoms in total. The molecule has 4 rings (SSSR count). The second-order valence-corrected chi connectivity index (χ2v) is 6.95. The minimum Gasteiger partial charge on any atom is -0.493 e. The van der Waals surface area contributed by atoms with E-state index < -0.39 is 0 Å². The third-order valence-electron chi connectivity index (χ3n) is 5.32. The zero-order chi connectivity index (χ0) is 16.4. The number of halogens is 1. The Morgan fingerprint density at radius 1 is 1.24 bits per heavy atom. The second-order valence-electron chi connectivity index (χ2n) is 6.95. The molecule has 0 saturated carbocycles. The smallest absolute Gasteiger partial charge is 0.191 e. The molecular formula is C19H28IN3O2. The first kappa shape index (κ1) is 18.8. The van der Waals surface area contributed by atoms with Gasteiger partial charge in [0.05, 0.1) is 24.9 Å². The van der Waals surface area contributed by atoms with Crippen LogP contribution in [0, 0.1) is 0 Å². The molecule has 0 aliphatic carbocycles. The van der Waals surface area contributed by atoms with Crippen LogP contribution in [0.2, 0.25) is 0 Å². The molecule has 2 fully saturated rings. The van der Waals surface area contributed by atoms with E-state index >= 15 is 0 Å². The largest absolute Gasteiger partial charge is 0.493 e. The maximum Gasteiger partial charge on any atom is 0.191 e. The molecule has 3 heterocycles. The van der Waals surface area contributed by atoms with Crippen LogP contribution in [-0.4, -0.2) is 43.9 Å². The first-order valence-corrected chi connectivity index (χ1v) is 9.25. The molecule has 1 aromatic rings. The van der Waals surface area contributed by atoms with Gasteiger partial charge < -0.3 is 20.1 Å². The normalized spacial score (nSPS) is 30.2. The van der Waals surface area contributed by atoms with Crippen molar-refractivity contribution >= 4 is 29.9 Å². The van der Waals surface area contributed by atoms with Gasteiger partial charge in [0.15, 0.2) is 5.96 Å². The molecule has 4 unspecified atom stereocenters. The SMILES string of the molecule is CCNC(=NCC1CCOc2ccccc21)NC1CC2CCC1O2.I. The highest BCUT2D eigenvalue weighted by Gasteiger charge is 2.41. The Balaban J connectivity index is 0.00000182. The molecule has 3 aliphatic heterocycles. The highest BCUT2D eigenvalue weighted by molar-refractivity contribution is 14.0. The van der Waals surface area contributed by atoms with Gasteiger partial charge in [-0.15, -0.1) is 24.0 Å². The molecular weight excluding hydrogens is 429 g/mol. The fourth-order valence-corrected chi connectivity index (χ4v) is 4.09. The van der Waals surface area contributed by atoms with Gasteiger partial charge in [-0.05, 0) is 44.2 Å². The number of rotatable bonds is 4. The number of nitrogens with one attached hydrogen (secondary N) is 2. The Kier molecular flexibility index (Phi) is 6.44. The lowest BCUT2D eigenvalue weighted by molar-refractivity contribution is 0.0992. The third-order valence-corrected chi connectivity index (χ3v) is 5.32. The van der Waals surface area contributed by atoms with E-state index in [4.69, 9.17) is 14.5 Å². The Morgan fingerprint density at radius 3 is 2.88 bits per heavy atom. The van der Waals surface area contributed by atoms with Crippen LogP contribution in [0.3, 0.4) is 0 Å². The van der Waals surface area contributed by atoms with E-state index in [1.165, 1.54) is 18.4 Å². The average molecular weight is 457 g/mol. The number of ether oxygens (including phenoxy) is 2. The van der Waals surface area contributed by atoms with Crippen molar-refractivity contribution in [1.82, 2.24) is 10.6 Å². The molecule has 4 atom stereocenters. The Bertz CT molecular complexity index is 610.